The quantitative estimate of drug-likeness (QED) is 0.166. The third-order valence-corrected chi connectivity index (χ3v) is 14.4. The van der Waals surface area contributed by atoms with Crippen LogP contribution in [0.15, 0.2) is 72.8 Å². The number of morpholine rings is 1. The number of aromatic nitrogens is 2. The molecule has 5 fully saturated rings. The van der Waals surface area contributed by atoms with Gasteiger partial charge in [-0.2, -0.15) is 0 Å². The van der Waals surface area contributed by atoms with E-state index in [0.717, 1.165) is 55.2 Å². The Kier molecular flexibility index (Phi) is 10.8. The number of piperidine rings is 2. The number of fused-ring (bicyclic) bond motifs is 3. The van der Waals surface area contributed by atoms with Crippen molar-refractivity contribution in [2.45, 2.75) is 55.5 Å². The predicted molar refractivity (Wildman–Crippen MR) is 240 cm³/mol. The molecule has 4 N–H and O–H groups in total. The largest absolute Gasteiger partial charge is 0.507 e. The number of rotatable bonds is 9. The van der Waals surface area contributed by atoms with Crippen LogP contribution in [0.2, 0.25) is 0 Å². The summed E-state index contributed by atoms with van der Waals surface area (Å²) < 4.78 is 12.6. The fraction of sp³-hybridized carbons (Fsp3) is 0.457. The summed E-state index contributed by atoms with van der Waals surface area (Å²) in [5.41, 5.74) is 12.9. The van der Waals surface area contributed by atoms with Crippen LogP contribution in [-0.4, -0.2) is 149 Å². The summed E-state index contributed by atoms with van der Waals surface area (Å²) in [7, 11) is 5.67. The van der Waals surface area contributed by atoms with Gasteiger partial charge in [0.25, 0.3) is 0 Å². The number of nitrogens with one attached hydrogen (secondary N) is 1. The lowest BCUT2D eigenvalue weighted by Crippen LogP contribution is -2.65. The molecule has 3 atom stereocenters. The fourth-order valence-corrected chi connectivity index (χ4v) is 10.9. The van der Waals surface area contributed by atoms with Gasteiger partial charge >= 0.3 is 6.03 Å². The molecule has 3 radical (unpaired) electrons. The molecular formula is C46H53N10O6Si. The molecule has 0 spiro atoms. The molecule has 16 nitrogen and oxygen atoms in total. The second-order valence-corrected chi connectivity index (χ2v) is 18.7. The molecule has 3 aromatic carbocycles. The molecule has 6 aliphatic heterocycles. The highest BCUT2D eigenvalue weighted by Crippen LogP contribution is 2.42. The van der Waals surface area contributed by atoms with Crippen LogP contribution in [0.25, 0.3) is 11.3 Å². The number of imide groups is 1. The predicted octanol–water partition coefficient (Wildman–Crippen LogP) is 3.22. The zero-order valence-corrected chi connectivity index (χ0v) is 36.5. The van der Waals surface area contributed by atoms with Crippen molar-refractivity contribution in [1.29, 1.82) is 0 Å². The number of carbonyl (C=O) groups excluding carboxylic acids is 3. The van der Waals surface area contributed by atoms with Crippen molar-refractivity contribution >= 4 is 56.7 Å². The van der Waals surface area contributed by atoms with Gasteiger partial charge in [-0.05, 0) is 55.3 Å². The highest BCUT2D eigenvalue weighted by atomic mass is 28.1. The number of likely N-dealkylation sites (tertiary alicyclic amines) is 1. The summed E-state index contributed by atoms with van der Waals surface area (Å²) in [4.78, 5) is 51.4. The minimum Gasteiger partial charge on any atom is -0.507 e. The average molecular weight is 870 g/mol. The van der Waals surface area contributed by atoms with Crippen molar-refractivity contribution in [3.8, 4) is 22.8 Å². The van der Waals surface area contributed by atoms with Crippen LogP contribution < -0.4 is 35.4 Å². The summed E-state index contributed by atoms with van der Waals surface area (Å²) in [5.74, 6) is 1.14. The van der Waals surface area contributed by atoms with Crippen LogP contribution in [0, 0.1) is 5.92 Å². The highest BCUT2D eigenvalue weighted by Gasteiger charge is 2.46. The van der Waals surface area contributed by atoms with Gasteiger partial charge in [-0.15, -0.1) is 10.2 Å². The van der Waals surface area contributed by atoms with Crippen LogP contribution in [-0.2, 0) is 20.7 Å². The molecule has 0 unspecified atom stereocenters. The molecule has 7 heterocycles. The first-order valence-electron chi connectivity index (χ1n) is 22.1. The Morgan fingerprint density at radius 1 is 0.921 bits per heavy atom. The first kappa shape index (κ1) is 41.0. The summed E-state index contributed by atoms with van der Waals surface area (Å²) in [6, 6.07) is 23.8. The van der Waals surface area contributed by atoms with Gasteiger partial charge in [0.2, 0.25) is 11.8 Å². The SMILES string of the molecule is CN(CC1CN(c2cccc3c2CCN3[C@]2([Si])CCC(=O)NC2=O)C1)C(=O)N1CCC(Oc2cccc(N3[C@@H]4COC[C@H]3CN(c3cc(-c5ccccc5O)nnc3N)C4)c2)CC1. The Hall–Kier alpha value is -6.07. The molecule has 4 amide bonds. The number of ether oxygens (including phenoxy) is 2. The highest BCUT2D eigenvalue weighted by molar-refractivity contribution is 6.33. The molecule has 1 aromatic heterocycles. The van der Waals surface area contributed by atoms with Gasteiger partial charge in [0.1, 0.15) is 22.8 Å². The molecule has 6 aliphatic rings. The number of piperazine rings is 1. The van der Waals surface area contributed by atoms with E-state index >= 15 is 0 Å². The minimum absolute atomic E-state index is 0.00714. The topological polar surface area (TPSA) is 173 Å². The lowest BCUT2D eigenvalue weighted by molar-refractivity contribution is -0.135. The van der Waals surface area contributed by atoms with E-state index in [1.165, 1.54) is 11.3 Å². The summed E-state index contributed by atoms with van der Waals surface area (Å²) in [5, 5.41) is 20.6. The van der Waals surface area contributed by atoms with E-state index in [1.54, 1.807) is 12.1 Å². The van der Waals surface area contributed by atoms with Gasteiger partial charge in [0.05, 0.1) is 46.9 Å². The Morgan fingerprint density at radius 2 is 1.65 bits per heavy atom. The summed E-state index contributed by atoms with van der Waals surface area (Å²) >= 11 is 0. The van der Waals surface area contributed by atoms with E-state index in [1.807, 2.05) is 53.2 Å². The molecule has 10 rings (SSSR count). The van der Waals surface area contributed by atoms with Crippen LogP contribution in [0.4, 0.5) is 33.4 Å². The van der Waals surface area contributed by atoms with Crippen LogP contribution >= 0.6 is 0 Å². The first-order chi connectivity index (χ1) is 30.5. The maximum atomic E-state index is 13.6. The molecule has 17 heteroatoms. The van der Waals surface area contributed by atoms with Gasteiger partial charge in [-0.1, -0.05) is 24.3 Å². The molecule has 327 valence electrons. The van der Waals surface area contributed by atoms with Gasteiger partial charge < -0.3 is 49.7 Å². The van der Waals surface area contributed by atoms with Crippen LogP contribution in [0.1, 0.15) is 31.2 Å². The zero-order valence-electron chi connectivity index (χ0n) is 35.5. The third-order valence-electron chi connectivity index (χ3n) is 13.7. The van der Waals surface area contributed by atoms with Gasteiger partial charge in [0, 0.05) is 119 Å². The third kappa shape index (κ3) is 7.74. The molecular weight excluding hydrogens is 817 g/mol. The minimum atomic E-state index is -0.934. The van der Waals surface area contributed by atoms with E-state index in [4.69, 9.17) is 15.2 Å². The van der Waals surface area contributed by atoms with Crippen molar-refractivity contribution < 1.29 is 29.0 Å². The number of urea groups is 1. The Labute approximate surface area is 370 Å². The van der Waals surface area contributed by atoms with E-state index in [0.29, 0.717) is 88.3 Å². The second kappa shape index (κ2) is 16.6. The van der Waals surface area contributed by atoms with Crippen LogP contribution in [0.3, 0.4) is 0 Å². The average Bonchev–Trinajstić information content (AvgIpc) is 3.72. The number of benzene rings is 3. The van der Waals surface area contributed by atoms with Crippen molar-refractivity contribution in [3.63, 3.8) is 0 Å². The standard InChI is InChI=1S/C46H53N10O6Si/c1-51(22-29-23-53(24-29)38-9-5-10-39-36(38)15-19-55(39)46(63)16-12-42(58)48-44(46)59)45(60)52-17-13-33(14-18-52)62-34-7-4-6-30(20-34)56-31-25-54(26-32(56)28-61-27-31)40-21-37(49-50-43(40)47)35-8-2-3-11-41(35)57/h2-11,20-21,29,31-33,57H,12-19,22-28H2,1H3,(H2,47,50)(H,48,58,59)/t31-,32+,46-/m0/s1. The number of para-hydroxylation sites is 1. The number of carbonyl (C=O) groups is 3. The Balaban J connectivity index is 0.710. The molecule has 0 aliphatic carbocycles. The maximum Gasteiger partial charge on any atom is 0.319 e. The van der Waals surface area contributed by atoms with Gasteiger partial charge in [0.15, 0.2) is 5.82 Å². The first-order valence-corrected chi connectivity index (χ1v) is 22.6. The number of amides is 4. The number of phenols is 1. The number of anilines is 5. The van der Waals surface area contributed by atoms with E-state index in [-0.39, 0.29) is 41.8 Å². The van der Waals surface area contributed by atoms with Gasteiger partial charge in [-0.25, -0.2) is 4.79 Å². The summed E-state index contributed by atoms with van der Waals surface area (Å²) in [6.07, 6.45) is 3.07. The van der Waals surface area contributed by atoms with Crippen molar-refractivity contribution in [3.05, 3.63) is 78.4 Å². The number of hydrogen-bond donors (Lipinski definition) is 3. The lowest BCUT2D eigenvalue weighted by Gasteiger charge is -2.51. The van der Waals surface area contributed by atoms with E-state index in [9.17, 15) is 19.5 Å². The molecule has 0 saturated carbocycles. The number of nitrogens with zero attached hydrogens (tertiary/aromatic N) is 8. The fourth-order valence-electron chi connectivity index (χ4n) is 10.5. The summed E-state index contributed by atoms with van der Waals surface area (Å²) in [6.45, 7) is 6.88. The number of nitrogen functional groups attached to an aromatic ring is 1. The number of hydrogen-bond acceptors (Lipinski definition) is 13. The Bertz CT molecular complexity index is 2400. The van der Waals surface area contributed by atoms with Crippen LogP contribution in [0.5, 0.6) is 11.5 Å². The normalized spacial score (nSPS) is 23.9. The number of phenolic OH excluding ortho intramolecular Hbond substituents is 1. The monoisotopic (exact) mass is 869 g/mol. The smallest absolute Gasteiger partial charge is 0.319 e. The molecule has 5 saturated heterocycles. The van der Waals surface area contributed by atoms with E-state index < -0.39 is 5.16 Å². The van der Waals surface area contributed by atoms with E-state index in [2.05, 4.69) is 69.6 Å². The van der Waals surface area contributed by atoms with Crippen molar-refractivity contribution in [2.24, 2.45) is 5.92 Å². The lowest BCUT2D eigenvalue weighted by atomic mass is 9.96. The zero-order chi connectivity index (χ0) is 43.4. The second-order valence-electron chi connectivity index (χ2n) is 17.8. The van der Waals surface area contributed by atoms with Crippen molar-refractivity contribution in [2.75, 3.05) is 98.0 Å². The Morgan fingerprint density at radius 3 is 2.41 bits per heavy atom. The number of aromatic hydroxyl groups is 1. The molecule has 4 aromatic rings. The molecule has 63 heavy (non-hydrogen) atoms. The maximum absolute atomic E-state index is 13.6. The van der Waals surface area contributed by atoms with Gasteiger partial charge in [-0.3, -0.25) is 14.9 Å². The number of nitrogens with two attached hydrogens (primary N) is 1. The molecule has 2 bridgehead atoms. The van der Waals surface area contributed by atoms with Crippen molar-refractivity contribution in [1.82, 2.24) is 25.3 Å².